The highest BCUT2D eigenvalue weighted by Gasteiger charge is 2.24. The molecule has 148 valence electrons. The van der Waals surface area contributed by atoms with Gasteiger partial charge in [0.1, 0.15) is 0 Å². The van der Waals surface area contributed by atoms with E-state index in [4.69, 9.17) is 9.73 Å². The number of nitrogens with one attached hydrogen (secondary N) is 3. The number of hydrogen-bond donors (Lipinski definition) is 3. The Hall–Kier alpha value is -2.08. The third kappa shape index (κ3) is 5.96. The molecule has 1 saturated carbocycles. The van der Waals surface area contributed by atoms with Gasteiger partial charge in [0.05, 0.1) is 12.6 Å². The van der Waals surface area contributed by atoms with Crippen molar-refractivity contribution in [3.63, 3.8) is 0 Å². The van der Waals surface area contributed by atoms with Crippen LogP contribution in [0.4, 0.5) is 5.69 Å². The van der Waals surface area contributed by atoms with Gasteiger partial charge in [-0.15, -0.1) is 0 Å². The number of carbonyl (C=O) groups excluding carboxylic acids is 1. The lowest BCUT2D eigenvalue weighted by atomic mass is 9.91. The van der Waals surface area contributed by atoms with Crippen LogP contribution < -0.4 is 16.0 Å². The lowest BCUT2D eigenvalue weighted by Gasteiger charge is -2.24. The summed E-state index contributed by atoms with van der Waals surface area (Å²) in [6.07, 6.45) is 6.97. The number of hydrogen-bond acceptors (Lipinski definition) is 3. The molecule has 1 aliphatic carbocycles. The second-order valence-electron chi connectivity index (χ2n) is 7.31. The van der Waals surface area contributed by atoms with Crippen molar-refractivity contribution in [3.05, 3.63) is 29.8 Å². The van der Waals surface area contributed by atoms with Gasteiger partial charge in [0.15, 0.2) is 5.96 Å². The Morgan fingerprint density at radius 3 is 2.89 bits per heavy atom. The molecule has 0 radical (unpaired) electrons. The minimum Gasteiger partial charge on any atom is -0.378 e. The smallest absolute Gasteiger partial charge is 0.225 e. The first-order chi connectivity index (χ1) is 13.3. The van der Waals surface area contributed by atoms with Crippen molar-refractivity contribution in [2.45, 2.75) is 57.5 Å². The van der Waals surface area contributed by atoms with Crippen LogP contribution in [0.1, 0.15) is 56.9 Å². The highest BCUT2D eigenvalue weighted by molar-refractivity contribution is 5.94. The summed E-state index contributed by atoms with van der Waals surface area (Å²) in [6.45, 7) is 5.10. The van der Waals surface area contributed by atoms with Crippen molar-refractivity contribution in [2.24, 2.45) is 4.99 Å². The van der Waals surface area contributed by atoms with E-state index < -0.39 is 0 Å². The van der Waals surface area contributed by atoms with E-state index in [0.29, 0.717) is 19.1 Å². The zero-order chi connectivity index (χ0) is 18.9. The first-order valence-corrected chi connectivity index (χ1v) is 10.3. The molecule has 0 bridgehead atoms. The second-order valence-corrected chi connectivity index (χ2v) is 7.31. The van der Waals surface area contributed by atoms with E-state index >= 15 is 0 Å². The van der Waals surface area contributed by atoms with Gasteiger partial charge in [-0.25, -0.2) is 0 Å². The SMILES string of the molecule is CCNC(=NCC1CC(=O)Nc2ccccc21)NCCCOC1CCCC1. The molecule has 0 spiro atoms. The summed E-state index contributed by atoms with van der Waals surface area (Å²) in [5, 5.41) is 9.61. The van der Waals surface area contributed by atoms with Gasteiger partial charge >= 0.3 is 0 Å². The van der Waals surface area contributed by atoms with Crippen molar-refractivity contribution in [1.29, 1.82) is 0 Å². The fourth-order valence-corrected chi connectivity index (χ4v) is 3.79. The normalized spacial score (nSPS) is 20.3. The number of amides is 1. The minimum absolute atomic E-state index is 0.0657. The maximum atomic E-state index is 12.0. The Balaban J connectivity index is 1.47. The van der Waals surface area contributed by atoms with Gasteiger partial charge in [-0.2, -0.15) is 0 Å². The van der Waals surface area contributed by atoms with Crippen molar-refractivity contribution in [3.8, 4) is 0 Å². The second kappa shape index (κ2) is 10.3. The first-order valence-electron chi connectivity index (χ1n) is 10.3. The molecule has 1 atom stereocenters. The molecular weight excluding hydrogens is 340 g/mol. The predicted octanol–water partition coefficient (Wildman–Crippen LogP) is 3.02. The zero-order valence-corrected chi connectivity index (χ0v) is 16.3. The van der Waals surface area contributed by atoms with Crippen LogP contribution in [0.3, 0.4) is 0 Å². The Bertz CT molecular complexity index is 641. The van der Waals surface area contributed by atoms with Gasteiger partial charge < -0.3 is 20.7 Å². The highest BCUT2D eigenvalue weighted by Crippen LogP contribution is 2.31. The molecule has 6 heteroatoms. The highest BCUT2D eigenvalue weighted by atomic mass is 16.5. The molecule has 0 aromatic heterocycles. The number of guanidine groups is 1. The Kier molecular flexibility index (Phi) is 7.51. The molecule has 1 aliphatic heterocycles. The monoisotopic (exact) mass is 372 g/mol. The van der Waals surface area contributed by atoms with E-state index in [1.54, 1.807) is 0 Å². The maximum Gasteiger partial charge on any atom is 0.225 e. The number of ether oxygens (including phenoxy) is 1. The number of nitrogens with zero attached hydrogens (tertiary/aromatic N) is 1. The number of fused-ring (bicyclic) bond motifs is 1. The van der Waals surface area contributed by atoms with Crippen LogP contribution in [0.15, 0.2) is 29.3 Å². The average Bonchev–Trinajstić information content (AvgIpc) is 3.19. The van der Waals surface area contributed by atoms with Gasteiger partial charge in [0, 0.05) is 37.7 Å². The molecule has 6 nitrogen and oxygen atoms in total. The molecule has 1 unspecified atom stereocenters. The lowest BCUT2D eigenvalue weighted by Crippen LogP contribution is -2.38. The summed E-state index contributed by atoms with van der Waals surface area (Å²) in [5.74, 6) is 0.994. The average molecular weight is 373 g/mol. The van der Waals surface area contributed by atoms with E-state index in [0.717, 1.165) is 37.8 Å². The van der Waals surface area contributed by atoms with Crippen molar-refractivity contribution in [2.75, 3.05) is 31.6 Å². The zero-order valence-electron chi connectivity index (χ0n) is 16.3. The summed E-state index contributed by atoms with van der Waals surface area (Å²) in [6, 6.07) is 8.00. The van der Waals surface area contributed by atoms with Gasteiger partial charge in [0.2, 0.25) is 5.91 Å². The molecule has 3 rings (SSSR count). The van der Waals surface area contributed by atoms with Gasteiger partial charge in [-0.1, -0.05) is 31.0 Å². The van der Waals surface area contributed by atoms with Crippen molar-refractivity contribution in [1.82, 2.24) is 10.6 Å². The topological polar surface area (TPSA) is 74.8 Å². The summed E-state index contributed by atoms with van der Waals surface area (Å²) >= 11 is 0. The van der Waals surface area contributed by atoms with E-state index in [1.165, 1.54) is 31.2 Å². The largest absolute Gasteiger partial charge is 0.378 e. The molecule has 1 aromatic carbocycles. The Labute approximate surface area is 162 Å². The Morgan fingerprint density at radius 2 is 2.07 bits per heavy atom. The number of para-hydroxylation sites is 1. The predicted molar refractivity (Wildman–Crippen MR) is 109 cm³/mol. The van der Waals surface area contributed by atoms with Gasteiger partial charge in [-0.05, 0) is 37.8 Å². The van der Waals surface area contributed by atoms with Crippen molar-refractivity contribution >= 4 is 17.6 Å². The summed E-state index contributed by atoms with van der Waals surface area (Å²) in [7, 11) is 0. The third-order valence-corrected chi connectivity index (χ3v) is 5.19. The fourth-order valence-electron chi connectivity index (χ4n) is 3.79. The van der Waals surface area contributed by atoms with E-state index in [-0.39, 0.29) is 11.8 Å². The van der Waals surface area contributed by atoms with Crippen LogP contribution in [0, 0.1) is 0 Å². The first kappa shape index (κ1) is 19.7. The maximum absolute atomic E-state index is 12.0. The molecule has 1 heterocycles. The third-order valence-electron chi connectivity index (χ3n) is 5.19. The van der Waals surface area contributed by atoms with Gasteiger partial charge in [0.25, 0.3) is 0 Å². The van der Waals surface area contributed by atoms with Crippen LogP contribution in [-0.2, 0) is 9.53 Å². The van der Waals surface area contributed by atoms with Crippen LogP contribution in [-0.4, -0.2) is 44.2 Å². The fraction of sp³-hybridized carbons (Fsp3) is 0.619. The quantitative estimate of drug-likeness (QED) is 0.372. The van der Waals surface area contributed by atoms with Gasteiger partial charge in [-0.3, -0.25) is 9.79 Å². The minimum atomic E-state index is 0.0657. The van der Waals surface area contributed by atoms with Crippen molar-refractivity contribution < 1.29 is 9.53 Å². The van der Waals surface area contributed by atoms with Crippen LogP contribution in [0.25, 0.3) is 0 Å². The number of benzene rings is 1. The Morgan fingerprint density at radius 1 is 1.26 bits per heavy atom. The molecule has 1 amide bonds. The van der Waals surface area contributed by atoms with E-state index in [2.05, 4.69) is 28.9 Å². The lowest BCUT2D eigenvalue weighted by molar-refractivity contribution is -0.116. The summed E-state index contributed by atoms with van der Waals surface area (Å²) in [4.78, 5) is 16.7. The van der Waals surface area contributed by atoms with Crippen LogP contribution in [0.2, 0.25) is 0 Å². The van der Waals surface area contributed by atoms with Crippen LogP contribution in [0.5, 0.6) is 0 Å². The molecule has 27 heavy (non-hydrogen) atoms. The number of carbonyl (C=O) groups is 1. The number of rotatable bonds is 8. The van der Waals surface area contributed by atoms with E-state index in [1.807, 2.05) is 18.2 Å². The standard InChI is InChI=1S/C21H32N4O2/c1-2-22-21(23-12-7-13-27-17-8-3-4-9-17)24-15-16-14-20(26)25-19-11-6-5-10-18(16)19/h5-6,10-11,16-17H,2-4,7-9,12-15H2,1H3,(H,25,26)(H2,22,23,24). The summed E-state index contributed by atoms with van der Waals surface area (Å²) < 4.78 is 5.91. The summed E-state index contributed by atoms with van der Waals surface area (Å²) in [5.41, 5.74) is 2.08. The molecule has 1 fully saturated rings. The molecule has 0 saturated heterocycles. The molecule has 1 aromatic rings. The molecular formula is C21H32N4O2. The molecule has 3 N–H and O–H groups in total. The number of aliphatic imine (C=N–C) groups is 1. The molecule has 2 aliphatic rings. The van der Waals surface area contributed by atoms with Crippen LogP contribution >= 0.6 is 0 Å². The number of anilines is 1. The van der Waals surface area contributed by atoms with E-state index in [9.17, 15) is 4.79 Å².